The molecule has 0 fully saturated rings. The van der Waals surface area contributed by atoms with Gasteiger partial charge >= 0.3 is 6.01 Å². The zero-order valence-corrected chi connectivity index (χ0v) is 15.8. The van der Waals surface area contributed by atoms with Gasteiger partial charge in [-0.25, -0.2) is 10.1 Å². The molecular formula is C19H19N5O5. The zero-order valence-electron chi connectivity index (χ0n) is 15.8. The van der Waals surface area contributed by atoms with Gasteiger partial charge in [-0.1, -0.05) is 18.2 Å². The number of carbonyl (C=O) groups excluding carboxylic acids is 1. The summed E-state index contributed by atoms with van der Waals surface area (Å²) in [4.78, 5) is 15.9. The SMILES string of the molecule is COc1cc(C=NNC(=O)COc2ncn(-c3ccccc3)n2)cc(OC)c1O. The molecule has 1 aromatic heterocycles. The summed E-state index contributed by atoms with van der Waals surface area (Å²) in [6.45, 7) is -0.307. The molecule has 0 saturated carbocycles. The van der Waals surface area contributed by atoms with E-state index in [0.29, 0.717) is 5.56 Å². The molecule has 0 aliphatic heterocycles. The van der Waals surface area contributed by atoms with Gasteiger partial charge in [-0.3, -0.25) is 4.79 Å². The van der Waals surface area contributed by atoms with Gasteiger partial charge in [0.2, 0.25) is 5.75 Å². The Kier molecular flexibility index (Phi) is 6.25. The van der Waals surface area contributed by atoms with E-state index in [4.69, 9.17) is 14.2 Å². The lowest BCUT2D eigenvalue weighted by Gasteiger charge is -2.09. The van der Waals surface area contributed by atoms with Gasteiger partial charge < -0.3 is 19.3 Å². The van der Waals surface area contributed by atoms with E-state index in [2.05, 4.69) is 20.6 Å². The molecule has 2 N–H and O–H groups in total. The summed E-state index contributed by atoms with van der Waals surface area (Å²) < 4.78 is 16.9. The predicted molar refractivity (Wildman–Crippen MR) is 104 cm³/mol. The summed E-state index contributed by atoms with van der Waals surface area (Å²) in [6, 6.07) is 12.5. The van der Waals surface area contributed by atoms with Crippen molar-refractivity contribution in [2.24, 2.45) is 5.10 Å². The number of nitrogens with one attached hydrogen (secondary N) is 1. The number of phenols is 1. The highest BCUT2D eigenvalue weighted by Gasteiger charge is 2.10. The smallest absolute Gasteiger partial charge is 0.336 e. The fourth-order valence-electron chi connectivity index (χ4n) is 2.35. The van der Waals surface area contributed by atoms with Crippen molar-refractivity contribution >= 4 is 12.1 Å². The molecule has 0 aliphatic carbocycles. The Labute approximate surface area is 166 Å². The zero-order chi connectivity index (χ0) is 20.6. The number of benzene rings is 2. The number of methoxy groups -OCH3 is 2. The molecule has 0 radical (unpaired) electrons. The quantitative estimate of drug-likeness (QED) is 0.437. The van der Waals surface area contributed by atoms with E-state index >= 15 is 0 Å². The third kappa shape index (κ3) is 5.01. The van der Waals surface area contributed by atoms with Crippen molar-refractivity contribution in [1.29, 1.82) is 0 Å². The van der Waals surface area contributed by atoms with Gasteiger partial charge in [0.25, 0.3) is 5.91 Å². The van der Waals surface area contributed by atoms with Crippen molar-refractivity contribution in [3.8, 4) is 28.9 Å². The number of hydrazone groups is 1. The van der Waals surface area contributed by atoms with Gasteiger partial charge in [0.15, 0.2) is 18.1 Å². The number of amides is 1. The van der Waals surface area contributed by atoms with Gasteiger partial charge in [0, 0.05) is 5.56 Å². The van der Waals surface area contributed by atoms with E-state index in [1.807, 2.05) is 30.3 Å². The number of phenolic OH excluding ortho intramolecular Hbond substituents is 1. The Morgan fingerprint density at radius 3 is 2.55 bits per heavy atom. The summed E-state index contributed by atoms with van der Waals surface area (Å²) in [7, 11) is 2.84. The van der Waals surface area contributed by atoms with Crippen molar-refractivity contribution in [1.82, 2.24) is 20.2 Å². The molecule has 10 nitrogen and oxygen atoms in total. The number of hydrogen-bond acceptors (Lipinski definition) is 8. The third-order valence-corrected chi connectivity index (χ3v) is 3.73. The lowest BCUT2D eigenvalue weighted by molar-refractivity contribution is -0.123. The molecule has 1 heterocycles. The van der Waals surface area contributed by atoms with E-state index in [0.717, 1.165) is 5.69 Å². The van der Waals surface area contributed by atoms with Crippen molar-refractivity contribution < 1.29 is 24.1 Å². The standard InChI is InChI=1S/C19H19N5O5/c1-27-15-8-13(9-16(28-2)18(15)26)10-21-22-17(25)11-29-19-20-12-24(23-19)14-6-4-3-5-7-14/h3-10,12,26H,11H2,1-2H3,(H,22,25). The van der Waals surface area contributed by atoms with E-state index in [9.17, 15) is 9.90 Å². The van der Waals surface area contributed by atoms with E-state index < -0.39 is 5.91 Å². The van der Waals surface area contributed by atoms with Crippen LogP contribution in [0.1, 0.15) is 5.56 Å². The van der Waals surface area contributed by atoms with Gasteiger partial charge in [-0.05, 0) is 24.3 Å². The lowest BCUT2D eigenvalue weighted by Crippen LogP contribution is -2.24. The normalized spacial score (nSPS) is 10.7. The second-order valence-corrected chi connectivity index (χ2v) is 5.66. The molecule has 10 heteroatoms. The molecule has 29 heavy (non-hydrogen) atoms. The first-order chi connectivity index (χ1) is 14.1. The van der Waals surface area contributed by atoms with E-state index in [1.165, 1.54) is 31.4 Å². The largest absolute Gasteiger partial charge is 0.502 e. The average molecular weight is 397 g/mol. The Bertz CT molecular complexity index is 978. The monoisotopic (exact) mass is 397 g/mol. The molecular weight excluding hydrogens is 378 g/mol. The second-order valence-electron chi connectivity index (χ2n) is 5.66. The molecule has 0 bridgehead atoms. The predicted octanol–water partition coefficient (Wildman–Crippen LogP) is 1.52. The maximum Gasteiger partial charge on any atom is 0.336 e. The summed E-state index contributed by atoms with van der Waals surface area (Å²) in [5.74, 6) is -0.164. The van der Waals surface area contributed by atoms with Crippen molar-refractivity contribution in [3.63, 3.8) is 0 Å². The molecule has 0 spiro atoms. The van der Waals surface area contributed by atoms with Gasteiger partial charge in [-0.15, -0.1) is 5.10 Å². The van der Waals surface area contributed by atoms with Crippen molar-refractivity contribution in [3.05, 3.63) is 54.4 Å². The lowest BCUT2D eigenvalue weighted by atomic mass is 10.2. The van der Waals surface area contributed by atoms with Crippen LogP contribution in [0.3, 0.4) is 0 Å². The Morgan fingerprint density at radius 2 is 1.90 bits per heavy atom. The molecule has 2 aromatic carbocycles. The van der Waals surface area contributed by atoms with Crippen LogP contribution in [0.5, 0.6) is 23.3 Å². The maximum atomic E-state index is 11.9. The van der Waals surface area contributed by atoms with Gasteiger partial charge in [0.05, 0.1) is 26.1 Å². The van der Waals surface area contributed by atoms with Crippen LogP contribution in [-0.4, -0.2) is 52.8 Å². The van der Waals surface area contributed by atoms with Crippen molar-refractivity contribution in [2.45, 2.75) is 0 Å². The number of rotatable bonds is 8. The minimum Gasteiger partial charge on any atom is -0.502 e. The Hall–Kier alpha value is -4.08. The fraction of sp³-hybridized carbons (Fsp3) is 0.158. The maximum absolute atomic E-state index is 11.9. The number of aromatic hydroxyl groups is 1. The van der Waals surface area contributed by atoms with Crippen LogP contribution in [0.25, 0.3) is 5.69 Å². The first-order valence-electron chi connectivity index (χ1n) is 8.47. The van der Waals surface area contributed by atoms with Crippen LogP contribution >= 0.6 is 0 Å². The second kappa shape index (κ2) is 9.22. The van der Waals surface area contributed by atoms with Crippen LogP contribution in [-0.2, 0) is 4.79 Å². The highest BCUT2D eigenvalue weighted by molar-refractivity contribution is 5.84. The summed E-state index contributed by atoms with van der Waals surface area (Å²) in [5.41, 5.74) is 3.71. The number of hydrogen-bond donors (Lipinski definition) is 2. The van der Waals surface area contributed by atoms with E-state index in [1.54, 1.807) is 12.1 Å². The number of carbonyl (C=O) groups is 1. The van der Waals surface area contributed by atoms with Crippen molar-refractivity contribution in [2.75, 3.05) is 20.8 Å². The molecule has 0 saturated heterocycles. The molecule has 0 atom stereocenters. The number of para-hydroxylation sites is 1. The fourth-order valence-corrected chi connectivity index (χ4v) is 2.35. The Morgan fingerprint density at radius 1 is 1.21 bits per heavy atom. The molecule has 3 aromatic rings. The minimum absolute atomic E-state index is 0.0704. The molecule has 0 unspecified atom stereocenters. The highest BCUT2D eigenvalue weighted by Crippen LogP contribution is 2.36. The molecule has 3 rings (SSSR count). The molecule has 1 amide bonds. The summed E-state index contributed by atoms with van der Waals surface area (Å²) in [6.07, 6.45) is 2.87. The summed E-state index contributed by atoms with van der Waals surface area (Å²) in [5, 5.41) is 17.9. The number of ether oxygens (including phenoxy) is 3. The Balaban J connectivity index is 1.53. The van der Waals surface area contributed by atoms with E-state index in [-0.39, 0.29) is 29.9 Å². The molecule has 0 aliphatic rings. The first-order valence-corrected chi connectivity index (χ1v) is 8.47. The number of aromatic nitrogens is 3. The van der Waals surface area contributed by atoms with Crippen LogP contribution in [0.2, 0.25) is 0 Å². The van der Waals surface area contributed by atoms with Crippen LogP contribution in [0.15, 0.2) is 53.9 Å². The highest BCUT2D eigenvalue weighted by atomic mass is 16.5. The molecule has 150 valence electrons. The van der Waals surface area contributed by atoms with Gasteiger partial charge in [0.1, 0.15) is 6.33 Å². The van der Waals surface area contributed by atoms with Crippen LogP contribution in [0.4, 0.5) is 0 Å². The number of nitrogens with zero attached hydrogens (tertiary/aromatic N) is 4. The third-order valence-electron chi connectivity index (χ3n) is 3.73. The average Bonchev–Trinajstić information content (AvgIpc) is 3.23. The summed E-state index contributed by atoms with van der Waals surface area (Å²) >= 11 is 0. The topological polar surface area (TPSA) is 120 Å². The first kappa shape index (κ1) is 19.7. The van der Waals surface area contributed by atoms with Crippen LogP contribution in [0, 0.1) is 0 Å². The van der Waals surface area contributed by atoms with Gasteiger partial charge in [-0.2, -0.15) is 10.1 Å². The minimum atomic E-state index is -0.491. The van der Waals surface area contributed by atoms with Crippen LogP contribution < -0.4 is 19.6 Å².